The summed E-state index contributed by atoms with van der Waals surface area (Å²) in [6, 6.07) is 23.6. The van der Waals surface area contributed by atoms with Crippen LogP contribution in [0.15, 0.2) is 72.8 Å². The number of aliphatic hydroxyl groups excluding tert-OH is 1. The predicted octanol–water partition coefficient (Wildman–Crippen LogP) is 8.62. The van der Waals surface area contributed by atoms with Crippen molar-refractivity contribution in [3.05, 3.63) is 106 Å². The zero-order valence-corrected chi connectivity index (χ0v) is 26.9. The number of carbonyl (C=O) groups is 2. The first kappa shape index (κ1) is 48.4. The van der Waals surface area contributed by atoms with Crippen LogP contribution in [-0.4, -0.2) is 42.3 Å². The monoisotopic (exact) mass is 581 g/mol. The quantitative estimate of drug-likeness (QED) is 0.232. The molecule has 0 atom stereocenters. The molecule has 235 valence electrons. The average Bonchev–Trinajstić information content (AvgIpc) is 2.97. The fraction of sp³-hybridized carbons (Fsp3) is 0.444. The van der Waals surface area contributed by atoms with Gasteiger partial charge in [0.15, 0.2) is 0 Å². The topological polar surface area (TPSA) is 94.8 Å². The van der Waals surface area contributed by atoms with Gasteiger partial charge in [0.2, 0.25) is 0 Å². The molecule has 3 aromatic rings. The fourth-order valence-corrected chi connectivity index (χ4v) is 3.27. The van der Waals surface area contributed by atoms with E-state index in [4.69, 9.17) is 15.3 Å². The Morgan fingerprint density at radius 3 is 1.29 bits per heavy atom. The maximum atomic E-state index is 10.4. The number of hydrogen-bond donors (Lipinski definition) is 3. The first-order valence-corrected chi connectivity index (χ1v) is 14.5. The Kier molecular flexibility index (Phi) is 39.0. The van der Waals surface area contributed by atoms with E-state index in [9.17, 15) is 9.59 Å². The molecule has 3 rings (SSSR count). The fourth-order valence-electron chi connectivity index (χ4n) is 3.27. The number of carboxylic acid groups (broad SMARTS) is 2. The van der Waals surface area contributed by atoms with Crippen LogP contribution >= 0.6 is 0 Å². The van der Waals surface area contributed by atoms with Crippen molar-refractivity contribution in [1.82, 2.24) is 0 Å². The van der Waals surface area contributed by atoms with Crippen LogP contribution in [0.1, 0.15) is 96.2 Å². The summed E-state index contributed by atoms with van der Waals surface area (Å²) in [4.78, 5) is 20.6. The molecular weight excluding hydrogens is 523 g/mol. The van der Waals surface area contributed by atoms with Crippen LogP contribution in [0, 0.1) is 6.92 Å². The molecule has 0 bridgehead atoms. The lowest BCUT2D eigenvalue weighted by atomic mass is 10.1. The highest BCUT2D eigenvalue weighted by molar-refractivity contribution is 5.75. The molecule has 42 heavy (non-hydrogen) atoms. The van der Waals surface area contributed by atoms with E-state index >= 15 is 0 Å². The number of carboxylic acids is 2. The van der Waals surface area contributed by atoms with E-state index in [1.54, 1.807) is 0 Å². The first-order valence-electron chi connectivity index (χ1n) is 14.5. The highest BCUT2D eigenvalue weighted by atomic mass is 16.4. The van der Waals surface area contributed by atoms with Crippen molar-refractivity contribution in [2.24, 2.45) is 0 Å². The maximum absolute atomic E-state index is 10.4. The normalized spacial score (nSPS) is 8.33. The predicted molar refractivity (Wildman–Crippen MR) is 183 cm³/mol. The van der Waals surface area contributed by atoms with Crippen molar-refractivity contribution in [2.45, 2.75) is 102 Å². The summed E-state index contributed by atoms with van der Waals surface area (Å²) in [6.45, 7) is 18.4. The summed E-state index contributed by atoms with van der Waals surface area (Å²) in [5, 5.41) is 25.7. The molecule has 3 radical (unpaired) electrons. The van der Waals surface area contributed by atoms with Gasteiger partial charge in [0.05, 0.1) is 12.8 Å². The van der Waals surface area contributed by atoms with Gasteiger partial charge in [-0.1, -0.05) is 141 Å². The summed E-state index contributed by atoms with van der Waals surface area (Å²) in [6.07, 6.45) is 3.02. The standard InChI is InChI=1S/C10H12O2.C10H14O.C9H10O2.3C2H6.CH4.B/c1-2-8-4-3-5-9(6-8)7-10(11)12;1-2-9-4-3-5-10(8-9)6-7-11;1-7-3-2-4-8(5-7)6-9(10)11;3*1-2;;/h3-6H,2,7H2,1H3,(H,11,12);3-5,8,11H,2,6-7H2,1H3;2-5H,6H2,1H3,(H,10,11);3*1-2H3;1H4;. The smallest absolute Gasteiger partial charge is 0.307 e. The van der Waals surface area contributed by atoms with Gasteiger partial charge in [0.1, 0.15) is 0 Å². The largest absolute Gasteiger partial charge is 0.481 e. The van der Waals surface area contributed by atoms with Crippen LogP contribution in [-0.2, 0) is 41.7 Å². The molecule has 5 nitrogen and oxygen atoms in total. The van der Waals surface area contributed by atoms with Crippen molar-refractivity contribution >= 4 is 20.4 Å². The third kappa shape index (κ3) is 26.8. The van der Waals surface area contributed by atoms with Crippen LogP contribution in [0.25, 0.3) is 0 Å². The SMILES string of the molecule is C.CC.CC.CC.CCc1cccc(CC(=O)O)c1.CCc1cccc(CCO)c1.Cc1cccc(CC(=O)O)c1.[B]. The molecule has 0 aliphatic heterocycles. The van der Waals surface area contributed by atoms with E-state index in [1.165, 1.54) is 16.7 Å². The Bertz CT molecular complexity index is 1030. The average molecular weight is 582 g/mol. The number of hydrogen-bond acceptors (Lipinski definition) is 3. The number of aliphatic hydroxyl groups is 1. The zero-order chi connectivity index (χ0) is 31.3. The minimum atomic E-state index is -0.782. The molecule has 3 N–H and O–H groups in total. The molecule has 0 saturated heterocycles. The number of aliphatic carboxylic acids is 2. The van der Waals surface area contributed by atoms with Crippen molar-refractivity contribution < 1.29 is 24.9 Å². The molecule has 0 heterocycles. The Morgan fingerprint density at radius 2 is 0.929 bits per heavy atom. The van der Waals surface area contributed by atoms with Gasteiger partial charge in [-0.2, -0.15) is 0 Å². The highest BCUT2D eigenvalue weighted by Crippen LogP contribution is 2.07. The van der Waals surface area contributed by atoms with Gasteiger partial charge in [-0.05, 0) is 54.0 Å². The molecule has 0 aliphatic rings. The molecule has 0 saturated carbocycles. The summed E-state index contributed by atoms with van der Waals surface area (Å²) < 4.78 is 0. The second-order valence-electron chi connectivity index (χ2n) is 7.95. The molecule has 0 aliphatic carbocycles. The Hall–Kier alpha value is -3.38. The first-order chi connectivity index (χ1) is 19.3. The second-order valence-corrected chi connectivity index (χ2v) is 7.95. The van der Waals surface area contributed by atoms with Crippen molar-refractivity contribution in [3.63, 3.8) is 0 Å². The lowest BCUT2D eigenvalue weighted by molar-refractivity contribution is -0.137. The van der Waals surface area contributed by atoms with E-state index < -0.39 is 11.9 Å². The molecule has 0 fully saturated rings. The summed E-state index contributed by atoms with van der Waals surface area (Å²) in [5.41, 5.74) is 6.60. The second kappa shape index (κ2) is 33.8. The van der Waals surface area contributed by atoms with Crippen molar-refractivity contribution in [2.75, 3.05) is 6.61 Å². The number of rotatable bonds is 8. The summed E-state index contributed by atoms with van der Waals surface area (Å²) in [5.74, 6) is -1.56. The number of aryl methyl sites for hydroxylation is 3. The van der Waals surface area contributed by atoms with E-state index in [-0.39, 0.29) is 35.3 Å². The molecule has 0 spiro atoms. The minimum absolute atomic E-state index is 0. The zero-order valence-electron chi connectivity index (χ0n) is 26.9. The minimum Gasteiger partial charge on any atom is -0.481 e. The maximum Gasteiger partial charge on any atom is 0.307 e. The Morgan fingerprint density at radius 1 is 0.595 bits per heavy atom. The van der Waals surface area contributed by atoms with Crippen molar-refractivity contribution in [1.29, 1.82) is 0 Å². The van der Waals surface area contributed by atoms with Gasteiger partial charge in [0, 0.05) is 15.0 Å². The van der Waals surface area contributed by atoms with Crippen LogP contribution in [0.5, 0.6) is 0 Å². The summed E-state index contributed by atoms with van der Waals surface area (Å²) >= 11 is 0. The molecule has 3 aromatic carbocycles. The lowest BCUT2D eigenvalue weighted by Gasteiger charge is -2.00. The van der Waals surface area contributed by atoms with Gasteiger partial charge in [0.25, 0.3) is 0 Å². The van der Waals surface area contributed by atoms with Gasteiger partial charge in [-0.25, -0.2) is 0 Å². The van der Waals surface area contributed by atoms with E-state index in [2.05, 4.69) is 32.0 Å². The van der Waals surface area contributed by atoms with Gasteiger partial charge in [-0.15, -0.1) is 0 Å². The lowest BCUT2D eigenvalue weighted by Crippen LogP contribution is -2.00. The molecule has 0 aromatic heterocycles. The van der Waals surface area contributed by atoms with E-state index in [0.29, 0.717) is 0 Å². The Balaban J connectivity index is -0.000000146. The van der Waals surface area contributed by atoms with Crippen LogP contribution in [0.2, 0.25) is 0 Å². The molecule has 0 amide bonds. The number of benzene rings is 3. The third-order valence-corrected chi connectivity index (χ3v) is 4.99. The third-order valence-electron chi connectivity index (χ3n) is 4.99. The van der Waals surface area contributed by atoms with Gasteiger partial charge < -0.3 is 15.3 Å². The molecule has 6 heteroatoms. The van der Waals surface area contributed by atoms with Crippen molar-refractivity contribution in [3.8, 4) is 0 Å². The molecular formula is C36H58BO5. The summed E-state index contributed by atoms with van der Waals surface area (Å²) in [7, 11) is 0. The Labute approximate surface area is 259 Å². The van der Waals surface area contributed by atoms with Gasteiger partial charge >= 0.3 is 11.9 Å². The van der Waals surface area contributed by atoms with Crippen LogP contribution in [0.4, 0.5) is 0 Å². The van der Waals surface area contributed by atoms with Gasteiger partial charge in [-0.3, -0.25) is 9.59 Å². The highest BCUT2D eigenvalue weighted by Gasteiger charge is 2.00. The van der Waals surface area contributed by atoms with E-state index in [0.717, 1.165) is 36.0 Å². The molecule has 0 unspecified atom stereocenters. The van der Waals surface area contributed by atoms with E-state index in [1.807, 2.05) is 103 Å². The van der Waals surface area contributed by atoms with Crippen LogP contribution < -0.4 is 0 Å². The van der Waals surface area contributed by atoms with Crippen LogP contribution in [0.3, 0.4) is 0 Å².